The first-order valence-electron chi connectivity index (χ1n) is 31.6. The van der Waals surface area contributed by atoms with Crippen LogP contribution in [0.1, 0.15) is 305 Å². The van der Waals surface area contributed by atoms with Crippen LogP contribution in [0.4, 0.5) is 0 Å². The average Bonchev–Trinajstić information content (AvgIpc) is 4.01. The number of esters is 4. The van der Waals surface area contributed by atoms with E-state index in [1.807, 2.05) is 69.2 Å². The summed E-state index contributed by atoms with van der Waals surface area (Å²) in [6, 6.07) is 0. The van der Waals surface area contributed by atoms with E-state index in [0.717, 1.165) is 68.1 Å². The number of ether oxygens (including phenoxy) is 4. The molecule has 75 heavy (non-hydrogen) atoms. The van der Waals surface area contributed by atoms with Crippen LogP contribution in [0.2, 0.25) is 0 Å². The van der Waals surface area contributed by atoms with Gasteiger partial charge < -0.3 is 18.9 Å². The Morgan fingerprint density at radius 2 is 0.733 bits per heavy atom. The molecule has 8 aliphatic carbocycles. The fourth-order valence-corrected chi connectivity index (χ4v) is 14.7. The molecule has 6 bridgehead atoms. The predicted octanol–water partition coefficient (Wildman–Crippen LogP) is 18.6. The summed E-state index contributed by atoms with van der Waals surface area (Å²) in [6.07, 6.45) is 31.4. The first-order valence-corrected chi connectivity index (χ1v) is 31.6. The highest BCUT2D eigenvalue weighted by Crippen LogP contribution is 2.64. The van der Waals surface area contributed by atoms with Gasteiger partial charge in [-0.15, -0.1) is 0 Å². The highest BCUT2D eigenvalue weighted by molar-refractivity contribution is 5.77. The van der Waals surface area contributed by atoms with Gasteiger partial charge in [0.1, 0.15) is 22.4 Å². The van der Waals surface area contributed by atoms with Gasteiger partial charge in [-0.25, -0.2) is 0 Å². The molecule has 0 spiro atoms. The molecular weight excluding hydrogens is 933 g/mol. The molecule has 436 valence electrons. The second kappa shape index (κ2) is 26.0. The van der Waals surface area contributed by atoms with Gasteiger partial charge in [-0.05, 0) is 260 Å². The minimum absolute atomic E-state index is 0.00857. The molecule has 8 fully saturated rings. The van der Waals surface area contributed by atoms with Crippen molar-refractivity contribution in [2.75, 3.05) is 0 Å². The lowest BCUT2D eigenvalue weighted by atomic mass is 9.46. The molecule has 8 nitrogen and oxygen atoms in total. The number of fused-ring (bicyclic) bond motifs is 2. The van der Waals surface area contributed by atoms with Gasteiger partial charge in [-0.2, -0.15) is 0 Å². The fraction of sp³-hybridized carbons (Fsp3) is 0.940. The molecule has 0 aliphatic heterocycles. The predicted molar refractivity (Wildman–Crippen MR) is 309 cm³/mol. The van der Waals surface area contributed by atoms with Crippen LogP contribution in [-0.2, 0) is 38.1 Å². The second-order valence-electron chi connectivity index (χ2n) is 30.1. The standard InChI is InChI=1S/C19H32O2.C17H32O2.C16H28O2.C15H28O2/c1-6-17(2,3)16(20)21-18(4,5)19-10-13-7-14(11-19)9-15(8-13)12-19;1-6-16(4,5)15(18)19-17(7-2,8-3)14-12-10-9-11-13-14;1-6-15(2,3)14(17)18-16(4,5)13-10-11-7-8-12(13)9-11;1-6-14(2,3)13(16)17-15(4,5)12-10-8-7-9-11-12/h13-15H,6-12H2,1-5H3;14H,6-13H2,1-5H3;11-13H,6-10H2,1-5H3;12H,6-11H2,1-5H3. The Bertz CT molecular complexity index is 1800. The lowest BCUT2D eigenvalue weighted by Crippen LogP contribution is -2.58. The zero-order chi connectivity index (χ0) is 56.6. The van der Waals surface area contributed by atoms with Crippen LogP contribution in [0.25, 0.3) is 0 Å². The van der Waals surface area contributed by atoms with Gasteiger partial charge in [-0.3, -0.25) is 19.2 Å². The molecule has 0 aromatic heterocycles. The maximum Gasteiger partial charge on any atom is 0.312 e. The molecule has 0 amide bonds. The lowest BCUT2D eigenvalue weighted by Gasteiger charge is -2.61. The Morgan fingerprint density at radius 3 is 1.08 bits per heavy atom. The summed E-state index contributed by atoms with van der Waals surface area (Å²) in [6.45, 7) is 41.2. The molecular formula is C67H120O8. The summed E-state index contributed by atoms with van der Waals surface area (Å²) in [5.41, 5.74) is -2.30. The molecule has 8 rings (SSSR count). The second-order valence-corrected chi connectivity index (χ2v) is 30.1. The van der Waals surface area contributed by atoms with Crippen molar-refractivity contribution < 1.29 is 38.1 Å². The van der Waals surface area contributed by atoms with E-state index in [1.54, 1.807) is 0 Å². The smallest absolute Gasteiger partial charge is 0.312 e. The van der Waals surface area contributed by atoms with Gasteiger partial charge in [0.15, 0.2) is 0 Å². The number of rotatable bonds is 18. The third kappa shape index (κ3) is 16.3. The van der Waals surface area contributed by atoms with Gasteiger partial charge in [0.2, 0.25) is 0 Å². The van der Waals surface area contributed by atoms with Crippen LogP contribution in [0, 0.1) is 74.4 Å². The first kappa shape index (κ1) is 65.4. The van der Waals surface area contributed by atoms with E-state index in [-0.39, 0.29) is 73.4 Å². The minimum Gasteiger partial charge on any atom is -0.459 e. The molecule has 0 saturated heterocycles. The van der Waals surface area contributed by atoms with Crippen molar-refractivity contribution in [1.82, 2.24) is 0 Å². The molecule has 0 aromatic rings. The van der Waals surface area contributed by atoms with Crippen molar-refractivity contribution in [2.24, 2.45) is 74.4 Å². The summed E-state index contributed by atoms with van der Waals surface area (Å²) >= 11 is 0. The highest BCUT2D eigenvalue weighted by Gasteiger charge is 2.59. The van der Waals surface area contributed by atoms with E-state index in [2.05, 4.69) is 69.2 Å². The summed E-state index contributed by atoms with van der Waals surface area (Å²) in [5.74, 6) is 5.96. The molecule has 8 heteroatoms. The minimum atomic E-state index is -0.362. The summed E-state index contributed by atoms with van der Waals surface area (Å²) < 4.78 is 23.9. The zero-order valence-corrected chi connectivity index (χ0v) is 52.8. The van der Waals surface area contributed by atoms with Gasteiger partial charge in [0.25, 0.3) is 0 Å². The Kier molecular flexibility index (Phi) is 22.7. The van der Waals surface area contributed by atoms with Gasteiger partial charge in [0.05, 0.1) is 21.7 Å². The van der Waals surface area contributed by atoms with Crippen LogP contribution in [-0.4, -0.2) is 46.3 Å². The molecule has 0 aromatic carbocycles. The van der Waals surface area contributed by atoms with Crippen molar-refractivity contribution >= 4 is 23.9 Å². The maximum atomic E-state index is 12.6. The Labute approximate surface area is 462 Å². The fourth-order valence-electron chi connectivity index (χ4n) is 14.7. The van der Waals surface area contributed by atoms with Gasteiger partial charge in [0, 0.05) is 11.3 Å². The van der Waals surface area contributed by atoms with E-state index in [0.29, 0.717) is 17.8 Å². The average molecular weight is 1050 g/mol. The van der Waals surface area contributed by atoms with E-state index in [1.165, 1.54) is 128 Å². The third-order valence-electron chi connectivity index (χ3n) is 22.2. The normalized spacial score (nSPS) is 27.4. The molecule has 3 atom stereocenters. The van der Waals surface area contributed by atoms with Gasteiger partial charge in [-0.1, -0.05) is 86.5 Å². The SMILES string of the molecule is CCC(C)(C)C(=O)OC(C)(C)C12CC3CC(CC(C3)C1)C2.CCC(C)(C)C(=O)OC(C)(C)C1CC2CCC1C2.CCC(C)(C)C(=O)OC(C)(C)C1CCCCC1.CCC(C)(C)C(=O)OC(CC)(CC)C1CCCCC1. The largest absolute Gasteiger partial charge is 0.459 e. The summed E-state index contributed by atoms with van der Waals surface area (Å²) in [7, 11) is 0. The van der Waals surface area contributed by atoms with E-state index in [4.69, 9.17) is 18.9 Å². The van der Waals surface area contributed by atoms with E-state index < -0.39 is 0 Å². The van der Waals surface area contributed by atoms with Crippen molar-refractivity contribution in [3.63, 3.8) is 0 Å². The van der Waals surface area contributed by atoms with Crippen LogP contribution < -0.4 is 0 Å². The van der Waals surface area contributed by atoms with Gasteiger partial charge >= 0.3 is 23.9 Å². The summed E-state index contributed by atoms with van der Waals surface area (Å²) in [5, 5.41) is 0. The Morgan fingerprint density at radius 1 is 0.373 bits per heavy atom. The van der Waals surface area contributed by atoms with Crippen LogP contribution in [0.5, 0.6) is 0 Å². The van der Waals surface area contributed by atoms with Crippen LogP contribution in [0.3, 0.4) is 0 Å². The van der Waals surface area contributed by atoms with Crippen molar-refractivity contribution in [1.29, 1.82) is 0 Å². The Balaban J connectivity index is 0.000000217. The molecule has 3 unspecified atom stereocenters. The first-order chi connectivity index (χ1) is 34.6. The molecule has 0 N–H and O–H groups in total. The number of hydrogen-bond acceptors (Lipinski definition) is 8. The van der Waals surface area contributed by atoms with Crippen LogP contribution >= 0.6 is 0 Å². The number of carbonyl (C=O) groups excluding carboxylic acids is 4. The monoisotopic (exact) mass is 1050 g/mol. The van der Waals surface area contributed by atoms with Crippen molar-refractivity contribution in [2.45, 2.75) is 328 Å². The van der Waals surface area contributed by atoms with E-state index in [9.17, 15) is 19.2 Å². The summed E-state index contributed by atoms with van der Waals surface area (Å²) in [4.78, 5) is 49.4. The molecule has 8 saturated carbocycles. The Hall–Kier alpha value is -2.12. The molecule has 0 heterocycles. The lowest BCUT2D eigenvalue weighted by molar-refractivity contribution is -0.206. The number of carbonyl (C=O) groups is 4. The van der Waals surface area contributed by atoms with Crippen molar-refractivity contribution in [3.05, 3.63) is 0 Å². The number of hydrogen-bond donors (Lipinski definition) is 0. The maximum absolute atomic E-state index is 12.6. The van der Waals surface area contributed by atoms with Crippen molar-refractivity contribution in [3.8, 4) is 0 Å². The molecule has 0 radical (unpaired) electrons. The highest BCUT2D eigenvalue weighted by atomic mass is 16.6. The van der Waals surface area contributed by atoms with E-state index >= 15 is 0 Å². The molecule has 8 aliphatic rings. The third-order valence-corrected chi connectivity index (χ3v) is 22.2. The zero-order valence-electron chi connectivity index (χ0n) is 52.8. The quantitative estimate of drug-likeness (QED) is 0.0987. The van der Waals surface area contributed by atoms with Crippen LogP contribution in [0.15, 0.2) is 0 Å². The topological polar surface area (TPSA) is 105 Å².